The van der Waals surface area contributed by atoms with E-state index in [2.05, 4.69) is 25.2 Å². The van der Waals surface area contributed by atoms with E-state index in [1.54, 1.807) is 0 Å². The summed E-state index contributed by atoms with van der Waals surface area (Å²) >= 11 is 1.87. The predicted octanol–water partition coefficient (Wildman–Crippen LogP) is 2.47. The Morgan fingerprint density at radius 3 is 3.00 bits per heavy atom. The molecule has 0 radical (unpaired) electrons. The van der Waals surface area contributed by atoms with Crippen molar-refractivity contribution in [1.29, 1.82) is 0 Å². The number of rotatable bonds is 7. The van der Waals surface area contributed by atoms with Crippen LogP contribution in [-0.4, -0.2) is 25.9 Å². The van der Waals surface area contributed by atoms with Gasteiger partial charge in [-0.25, -0.2) is 0 Å². The van der Waals surface area contributed by atoms with Crippen LogP contribution in [0.1, 0.15) is 28.7 Å². The molecule has 3 nitrogen and oxygen atoms in total. The lowest BCUT2D eigenvalue weighted by molar-refractivity contribution is -0.135. The van der Waals surface area contributed by atoms with Gasteiger partial charge in [0, 0.05) is 16.3 Å². The smallest absolute Gasteiger partial charge is 0.105 e. The Morgan fingerprint density at radius 2 is 2.35 bits per heavy atom. The number of hydrogen-bond acceptors (Lipinski definition) is 4. The molecule has 0 spiro atoms. The van der Waals surface area contributed by atoms with Crippen LogP contribution in [0.25, 0.3) is 0 Å². The van der Waals surface area contributed by atoms with Gasteiger partial charge in [-0.2, -0.15) is 0 Å². The molecule has 1 aromatic heterocycles. The molecule has 2 heterocycles. The van der Waals surface area contributed by atoms with Crippen molar-refractivity contribution in [1.82, 2.24) is 5.32 Å². The molecule has 17 heavy (non-hydrogen) atoms. The molecular formula is C13H21NO2S. The van der Waals surface area contributed by atoms with Crippen LogP contribution in [0.2, 0.25) is 0 Å². The average molecular weight is 255 g/mol. The third-order valence-electron chi connectivity index (χ3n) is 2.88. The van der Waals surface area contributed by atoms with Gasteiger partial charge in [0.25, 0.3) is 0 Å². The quantitative estimate of drug-likeness (QED) is 0.759. The van der Waals surface area contributed by atoms with Gasteiger partial charge in [0.1, 0.15) is 6.10 Å². The Kier molecular flexibility index (Phi) is 4.98. The van der Waals surface area contributed by atoms with Crippen LogP contribution in [0.5, 0.6) is 0 Å². The monoisotopic (exact) mass is 255 g/mol. The fraction of sp³-hybridized carbons (Fsp3) is 0.692. The molecule has 1 aromatic rings. The van der Waals surface area contributed by atoms with Gasteiger partial charge in [-0.05, 0) is 31.5 Å². The van der Waals surface area contributed by atoms with Crippen LogP contribution in [0.15, 0.2) is 6.07 Å². The van der Waals surface area contributed by atoms with Crippen molar-refractivity contribution in [3.05, 3.63) is 21.4 Å². The second-order valence-corrected chi connectivity index (χ2v) is 5.78. The first-order valence-electron chi connectivity index (χ1n) is 6.28. The van der Waals surface area contributed by atoms with Crippen molar-refractivity contribution >= 4 is 11.3 Å². The van der Waals surface area contributed by atoms with E-state index in [1.807, 2.05) is 11.3 Å². The maximum absolute atomic E-state index is 5.75. The molecule has 1 fully saturated rings. The first-order valence-corrected chi connectivity index (χ1v) is 7.09. The molecule has 1 N–H and O–H groups in total. The van der Waals surface area contributed by atoms with Gasteiger partial charge in [0.05, 0.1) is 19.8 Å². The van der Waals surface area contributed by atoms with Gasteiger partial charge in [-0.15, -0.1) is 11.3 Å². The van der Waals surface area contributed by atoms with E-state index >= 15 is 0 Å². The summed E-state index contributed by atoms with van der Waals surface area (Å²) in [6.45, 7) is 8.66. The lowest BCUT2D eigenvalue weighted by Crippen LogP contribution is -2.35. The second-order valence-electron chi connectivity index (χ2n) is 4.44. The summed E-state index contributed by atoms with van der Waals surface area (Å²) in [5.41, 5.74) is 1.33. The Hall–Kier alpha value is -0.420. The van der Waals surface area contributed by atoms with E-state index < -0.39 is 0 Å². The maximum atomic E-state index is 5.75. The van der Waals surface area contributed by atoms with Crippen LogP contribution >= 0.6 is 11.3 Å². The molecule has 1 saturated heterocycles. The SMILES string of the molecule is CCCNCc1cc(COC2COC2)c(C)s1. The van der Waals surface area contributed by atoms with Crippen molar-refractivity contribution in [3.8, 4) is 0 Å². The lowest BCUT2D eigenvalue weighted by Gasteiger charge is -2.25. The molecule has 0 atom stereocenters. The van der Waals surface area contributed by atoms with Gasteiger partial charge >= 0.3 is 0 Å². The van der Waals surface area contributed by atoms with Crippen molar-refractivity contribution in [2.45, 2.75) is 39.5 Å². The number of thiophene rings is 1. The predicted molar refractivity (Wildman–Crippen MR) is 70.4 cm³/mol. The summed E-state index contributed by atoms with van der Waals surface area (Å²) in [4.78, 5) is 2.78. The third-order valence-corrected chi connectivity index (χ3v) is 3.97. The molecule has 4 heteroatoms. The van der Waals surface area contributed by atoms with E-state index in [0.29, 0.717) is 6.10 Å². The minimum absolute atomic E-state index is 0.316. The summed E-state index contributed by atoms with van der Waals surface area (Å²) in [6, 6.07) is 2.27. The Morgan fingerprint density at radius 1 is 1.53 bits per heavy atom. The number of aryl methyl sites for hydroxylation is 1. The van der Waals surface area contributed by atoms with E-state index in [4.69, 9.17) is 9.47 Å². The first kappa shape index (κ1) is 13.0. The van der Waals surface area contributed by atoms with Gasteiger partial charge in [0.2, 0.25) is 0 Å². The zero-order valence-electron chi connectivity index (χ0n) is 10.6. The zero-order valence-corrected chi connectivity index (χ0v) is 11.4. The molecular weight excluding hydrogens is 234 g/mol. The molecule has 0 bridgehead atoms. The standard InChI is InChI=1S/C13H21NO2S/c1-3-4-14-6-13-5-11(10(2)17-13)7-16-12-8-15-9-12/h5,12,14H,3-4,6-9H2,1-2H3. The zero-order chi connectivity index (χ0) is 12.1. The van der Waals surface area contributed by atoms with Gasteiger partial charge < -0.3 is 14.8 Å². The summed E-state index contributed by atoms with van der Waals surface area (Å²) in [7, 11) is 0. The molecule has 0 aliphatic carbocycles. The van der Waals surface area contributed by atoms with Gasteiger partial charge in [0.15, 0.2) is 0 Å². The van der Waals surface area contributed by atoms with Crippen molar-refractivity contribution in [3.63, 3.8) is 0 Å². The lowest BCUT2D eigenvalue weighted by atomic mass is 10.2. The first-order chi connectivity index (χ1) is 8.29. The molecule has 1 aliphatic heterocycles. The van der Waals surface area contributed by atoms with Crippen molar-refractivity contribution < 1.29 is 9.47 Å². The van der Waals surface area contributed by atoms with Gasteiger partial charge in [-0.1, -0.05) is 6.92 Å². The molecule has 0 saturated carbocycles. The van der Waals surface area contributed by atoms with Crippen molar-refractivity contribution in [2.24, 2.45) is 0 Å². The molecule has 0 aromatic carbocycles. The molecule has 96 valence electrons. The number of hydrogen-bond donors (Lipinski definition) is 1. The van der Waals surface area contributed by atoms with Gasteiger partial charge in [-0.3, -0.25) is 0 Å². The maximum Gasteiger partial charge on any atom is 0.105 e. The molecule has 0 amide bonds. The van der Waals surface area contributed by atoms with E-state index in [-0.39, 0.29) is 0 Å². The third kappa shape index (κ3) is 3.78. The minimum Gasteiger partial charge on any atom is -0.376 e. The van der Waals surface area contributed by atoms with Crippen LogP contribution in [0.3, 0.4) is 0 Å². The average Bonchev–Trinajstić information content (AvgIpc) is 2.58. The highest BCUT2D eigenvalue weighted by Crippen LogP contribution is 2.23. The summed E-state index contributed by atoms with van der Waals surface area (Å²) in [6.07, 6.45) is 1.50. The summed E-state index contributed by atoms with van der Waals surface area (Å²) < 4.78 is 10.8. The normalized spacial score (nSPS) is 16.1. The number of ether oxygens (including phenoxy) is 2. The van der Waals surface area contributed by atoms with Crippen LogP contribution < -0.4 is 5.32 Å². The van der Waals surface area contributed by atoms with E-state index in [0.717, 1.165) is 32.9 Å². The number of nitrogens with one attached hydrogen (secondary N) is 1. The van der Waals surface area contributed by atoms with Crippen LogP contribution in [-0.2, 0) is 22.6 Å². The molecule has 2 rings (SSSR count). The Bertz CT molecular complexity index is 347. The highest BCUT2D eigenvalue weighted by Gasteiger charge is 2.19. The molecule has 1 aliphatic rings. The highest BCUT2D eigenvalue weighted by atomic mass is 32.1. The van der Waals surface area contributed by atoms with Crippen LogP contribution in [0.4, 0.5) is 0 Å². The second kappa shape index (κ2) is 6.50. The fourth-order valence-electron chi connectivity index (χ4n) is 1.72. The fourth-order valence-corrected chi connectivity index (χ4v) is 2.74. The minimum atomic E-state index is 0.316. The van der Waals surface area contributed by atoms with E-state index in [9.17, 15) is 0 Å². The topological polar surface area (TPSA) is 30.5 Å². The van der Waals surface area contributed by atoms with E-state index in [1.165, 1.54) is 21.7 Å². The van der Waals surface area contributed by atoms with Crippen LogP contribution in [0, 0.1) is 6.92 Å². The van der Waals surface area contributed by atoms with Crippen molar-refractivity contribution in [2.75, 3.05) is 19.8 Å². The summed E-state index contributed by atoms with van der Waals surface area (Å²) in [5.74, 6) is 0. The Balaban J connectivity index is 1.79. The molecule has 0 unspecified atom stereocenters. The summed E-state index contributed by atoms with van der Waals surface area (Å²) in [5, 5.41) is 3.43. The highest BCUT2D eigenvalue weighted by molar-refractivity contribution is 7.12. The largest absolute Gasteiger partial charge is 0.376 e. The Labute approximate surface area is 107 Å².